The van der Waals surface area contributed by atoms with Crippen LogP contribution in [0.3, 0.4) is 0 Å². The average molecular weight is 426 g/mol. The Labute approximate surface area is 174 Å². The first-order chi connectivity index (χ1) is 13.2. The van der Waals surface area contributed by atoms with Gasteiger partial charge in [-0.25, -0.2) is 4.79 Å². The summed E-state index contributed by atoms with van der Waals surface area (Å²) in [7, 11) is 3.40. The van der Waals surface area contributed by atoms with Gasteiger partial charge in [-0.15, -0.1) is 0 Å². The topological polar surface area (TPSA) is 106 Å². The van der Waals surface area contributed by atoms with Gasteiger partial charge >= 0.3 is 12.1 Å². The van der Waals surface area contributed by atoms with E-state index in [2.05, 4.69) is 20.8 Å². The number of esters is 1. The number of carbonyl (C=O) groups excluding carboxylic acids is 2. The quantitative estimate of drug-likeness (QED) is 0.261. The SMILES string of the molecule is CC(C)(C)SSCCN(CCC(=O)OCC#N)C(=O)OCc1ccc(N)cc1. The summed E-state index contributed by atoms with van der Waals surface area (Å²) in [6, 6.07) is 8.82. The fourth-order valence-electron chi connectivity index (χ4n) is 1.92. The zero-order valence-corrected chi connectivity index (χ0v) is 18.1. The highest BCUT2D eigenvalue weighted by atomic mass is 33.1. The molecule has 0 saturated heterocycles. The molecule has 1 amide bonds. The van der Waals surface area contributed by atoms with E-state index in [1.165, 1.54) is 4.90 Å². The van der Waals surface area contributed by atoms with Crippen LogP contribution < -0.4 is 5.73 Å². The third-order valence-electron chi connectivity index (χ3n) is 3.24. The number of hydrogen-bond acceptors (Lipinski definition) is 8. The lowest BCUT2D eigenvalue weighted by atomic mass is 10.2. The van der Waals surface area contributed by atoms with E-state index < -0.39 is 12.1 Å². The lowest BCUT2D eigenvalue weighted by Crippen LogP contribution is -2.35. The van der Waals surface area contributed by atoms with E-state index in [1.807, 2.05) is 0 Å². The second-order valence-corrected chi connectivity index (χ2v) is 10.1. The lowest BCUT2D eigenvalue weighted by Gasteiger charge is -2.22. The molecule has 0 fully saturated rings. The van der Waals surface area contributed by atoms with Crippen molar-refractivity contribution in [1.82, 2.24) is 4.90 Å². The number of nitrogens with two attached hydrogens (primary N) is 1. The number of nitrogen functional groups attached to an aromatic ring is 1. The van der Waals surface area contributed by atoms with Gasteiger partial charge in [-0.05, 0) is 17.7 Å². The maximum atomic E-state index is 12.5. The van der Waals surface area contributed by atoms with Crippen LogP contribution in [0, 0.1) is 11.3 Å². The summed E-state index contributed by atoms with van der Waals surface area (Å²) >= 11 is 0. The summed E-state index contributed by atoms with van der Waals surface area (Å²) in [5.74, 6) is 0.182. The van der Waals surface area contributed by atoms with Gasteiger partial charge in [0.25, 0.3) is 0 Å². The maximum absolute atomic E-state index is 12.5. The zero-order valence-electron chi connectivity index (χ0n) is 16.5. The van der Waals surface area contributed by atoms with E-state index in [9.17, 15) is 9.59 Å². The van der Waals surface area contributed by atoms with E-state index in [-0.39, 0.29) is 30.9 Å². The molecule has 0 aliphatic rings. The Morgan fingerprint density at radius 1 is 1.18 bits per heavy atom. The molecule has 0 spiro atoms. The van der Waals surface area contributed by atoms with Crippen molar-refractivity contribution in [1.29, 1.82) is 5.26 Å². The molecule has 1 rings (SSSR count). The Morgan fingerprint density at radius 3 is 2.46 bits per heavy atom. The average Bonchev–Trinajstić information content (AvgIpc) is 2.64. The Balaban J connectivity index is 2.55. The minimum atomic E-state index is -0.519. The Hall–Kier alpha value is -2.05. The summed E-state index contributed by atoms with van der Waals surface area (Å²) in [5, 5.41) is 8.46. The number of amides is 1. The fraction of sp³-hybridized carbons (Fsp3) is 0.526. The van der Waals surface area contributed by atoms with E-state index in [1.54, 1.807) is 51.9 Å². The minimum absolute atomic E-state index is 0.00965. The van der Waals surface area contributed by atoms with Gasteiger partial charge in [0, 0.05) is 29.3 Å². The molecule has 0 radical (unpaired) electrons. The predicted molar refractivity (Wildman–Crippen MR) is 114 cm³/mol. The summed E-state index contributed by atoms with van der Waals surface area (Å²) in [6.07, 6.45) is -0.485. The number of carbonyl (C=O) groups is 2. The van der Waals surface area contributed by atoms with Gasteiger partial charge in [-0.1, -0.05) is 54.5 Å². The van der Waals surface area contributed by atoms with Crippen LogP contribution in [0.5, 0.6) is 0 Å². The molecule has 0 bridgehead atoms. The van der Waals surface area contributed by atoms with Crippen molar-refractivity contribution in [2.45, 2.75) is 38.5 Å². The normalized spacial score (nSPS) is 10.8. The molecule has 0 atom stereocenters. The van der Waals surface area contributed by atoms with Crippen LogP contribution in [-0.4, -0.2) is 47.2 Å². The van der Waals surface area contributed by atoms with Crippen molar-refractivity contribution in [3.63, 3.8) is 0 Å². The molecule has 154 valence electrons. The Kier molecular flexibility index (Phi) is 10.6. The first-order valence-electron chi connectivity index (χ1n) is 8.80. The number of nitriles is 1. The van der Waals surface area contributed by atoms with Gasteiger partial charge in [0.2, 0.25) is 0 Å². The standard InChI is InChI=1S/C19H27N3O4S2/c1-19(2,3)28-27-13-11-22(10-8-17(23)25-12-9-20)18(24)26-14-15-4-6-16(21)7-5-15/h4-7H,8,10-14,21H2,1-3H3. The molecule has 0 aliphatic heterocycles. The van der Waals surface area contributed by atoms with Gasteiger partial charge in [0.15, 0.2) is 6.61 Å². The van der Waals surface area contributed by atoms with Gasteiger partial charge in [0.05, 0.1) is 6.42 Å². The molecule has 1 aromatic rings. The van der Waals surface area contributed by atoms with Crippen molar-refractivity contribution >= 4 is 39.3 Å². The summed E-state index contributed by atoms with van der Waals surface area (Å²) in [6.45, 7) is 6.81. The molecule has 0 aromatic heterocycles. The van der Waals surface area contributed by atoms with Crippen molar-refractivity contribution in [3.05, 3.63) is 29.8 Å². The van der Waals surface area contributed by atoms with Gasteiger partial charge in [-0.2, -0.15) is 5.26 Å². The largest absolute Gasteiger partial charge is 0.450 e. The summed E-state index contributed by atoms with van der Waals surface area (Å²) in [5.41, 5.74) is 7.11. The van der Waals surface area contributed by atoms with Crippen LogP contribution in [0.2, 0.25) is 0 Å². The first-order valence-corrected chi connectivity index (χ1v) is 11.1. The lowest BCUT2D eigenvalue weighted by molar-refractivity contribution is -0.142. The highest BCUT2D eigenvalue weighted by molar-refractivity contribution is 8.77. The van der Waals surface area contributed by atoms with Crippen molar-refractivity contribution in [2.75, 3.05) is 31.2 Å². The first kappa shape index (κ1) is 24.0. The molecule has 2 N–H and O–H groups in total. The van der Waals surface area contributed by atoms with Crippen LogP contribution in [0.25, 0.3) is 0 Å². The van der Waals surface area contributed by atoms with Crippen LogP contribution >= 0.6 is 21.6 Å². The number of ether oxygens (including phenoxy) is 2. The molecule has 0 heterocycles. The van der Waals surface area contributed by atoms with Crippen LogP contribution in [-0.2, 0) is 20.9 Å². The molecule has 7 nitrogen and oxygen atoms in total. The molecule has 0 aliphatic carbocycles. The van der Waals surface area contributed by atoms with Gasteiger partial charge in [0.1, 0.15) is 12.7 Å². The van der Waals surface area contributed by atoms with E-state index >= 15 is 0 Å². The minimum Gasteiger partial charge on any atom is -0.450 e. The van der Waals surface area contributed by atoms with Crippen LogP contribution in [0.1, 0.15) is 32.8 Å². The number of hydrogen-bond donors (Lipinski definition) is 1. The summed E-state index contributed by atoms with van der Waals surface area (Å²) in [4.78, 5) is 25.6. The second-order valence-electron chi connectivity index (χ2n) is 6.87. The summed E-state index contributed by atoms with van der Waals surface area (Å²) < 4.78 is 10.2. The molecule has 0 saturated carbocycles. The van der Waals surface area contributed by atoms with Crippen LogP contribution in [0.4, 0.5) is 10.5 Å². The number of rotatable bonds is 10. The molecule has 28 heavy (non-hydrogen) atoms. The number of benzene rings is 1. The van der Waals surface area contributed by atoms with E-state index in [0.717, 1.165) is 5.56 Å². The molecular weight excluding hydrogens is 398 g/mol. The van der Waals surface area contributed by atoms with E-state index in [4.69, 9.17) is 20.5 Å². The Morgan fingerprint density at radius 2 is 1.86 bits per heavy atom. The van der Waals surface area contributed by atoms with Crippen molar-refractivity contribution < 1.29 is 19.1 Å². The fourth-order valence-corrected chi connectivity index (χ4v) is 4.19. The number of nitrogens with zero attached hydrogens (tertiary/aromatic N) is 2. The van der Waals surface area contributed by atoms with Gasteiger partial charge in [-0.3, -0.25) is 4.79 Å². The predicted octanol–water partition coefficient (Wildman–Crippen LogP) is 3.84. The van der Waals surface area contributed by atoms with Crippen LogP contribution in [0.15, 0.2) is 24.3 Å². The smallest absolute Gasteiger partial charge is 0.410 e. The highest BCUT2D eigenvalue weighted by Crippen LogP contribution is 2.34. The maximum Gasteiger partial charge on any atom is 0.410 e. The third kappa shape index (κ3) is 10.9. The molecule has 0 unspecified atom stereocenters. The zero-order chi connectivity index (χ0) is 21.0. The Bertz CT molecular complexity index is 669. The molecular formula is C19H27N3O4S2. The number of anilines is 1. The second kappa shape index (κ2) is 12.4. The monoisotopic (exact) mass is 425 g/mol. The highest BCUT2D eigenvalue weighted by Gasteiger charge is 2.18. The molecule has 1 aromatic carbocycles. The van der Waals surface area contributed by atoms with Crippen molar-refractivity contribution in [2.24, 2.45) is 0 Å². The van der Waals surface area contributed by atoms with E-state index in [0.29, 0.717) is 18.0 Å². The third-order valence-corrected chi connectivity index (χ3v) is 6.56. The van der Waals surface area contributed by atoms with Gasteiger partial charge < -0.3 is 20.1 Å². The van der Waals surface area contributed by atoms with Crippen molar-refractivity contribution in [3.8, 4) is 6.07 Å². The molecule has 9 heteroatoms.